The predicted molar refractivity (Wildman–Crippen MR) is 102 cm³/mol. The van der Waals surface area contributed by atoms with Crippen LogP contribution in [0.2, 0.25) is 0 Å². The number of alkyl carbamates (subject to hydrolysis) is 1. The van der Waals surface area contributed by atoms with Crippen molar-refractivity contribution in [1.29, 1.82) is 0 Å². The molecule has 0 aromatic heterocycles. The van der Waals surface area contributed by atoms with E-state index < -0.39 is 0 Å². The third-order valence-electron chi connectivity index (χ3n) is 5.96. The van der Waals surface area contributed by atoms with Gasteiger partial charge in [-0.05, 0) is 80.4 Å². The van der Waals surface area contributed by atoms with Crippen molar-refractivity contribution >= 4 is 6.09 Å². The van der Waals surface area contributed by atoms with Crippen LogP contribution >= 0.6 is 0 Å². The fraction of sp³-hybridized carbons (Fsp3) is 0.591. The van der Waals surface area contributed by atoms with E-state index in [1.807, 2.05) is 6.08 Å². The molecule has 0 unspecified atom stereocenters. The molecule has 136 valence electrons. The molecule has 1 fully saturated rings. The van der Waals surface area contributed by atoms with Crippen LogP contribution in [-0.4, -0.2) is 18.2 Å². The van der Waals surface area contributed by atoms with Crippen molar-refractivity contribution in [1.82, 2.24) is 5.32 Å². The summed E-state index contributed by atoms with van der Waals surface area (Å²) < 4.78 is 5.06. The van der Waals surface area contributed by atoms with Crippen molar-refractivity contribution in [3.05, 3.63) is 47.5 Å². The lowest BCUT2D eigenvalue weighted by Gasteiger charge is -2.26. The minimum atomic E-state index is -0.282. The molecule has 1 amide bonds. The number of ether oxygens (including phenoxy) is 1. The van der Waals surface area contributed by atoms with Gasteiger partial charge in [-0.2, -0.15) is 0 Å². The van der Waals surface area contributed by atoms with Gasteiger partial charge in [-0.1, -0.05) is 31.2 Å². The highest BCUT2D eigenvalue weighted by molar-refractivity contribution is 5.70. The first-order chi connectivity index (χ1) is 12.0. The molecule has 1 aliphatic carbocycles. The van der Waals surface area contributed by atoms with Gasteiger partial charge in [0.15, 0.2) is 0 Å². The van der Waals surface area contributed by atoms with Gasteiger partial charge in [-0.15, -0.1) is 6.58 Å². The Morgan fingerprint density at radius 1 is 1.44 bits per heavy atom. The van der Waals surface area contributed by atoms with E-state index in [1.54, 1.807) is 11.1 Å². The Hall–Kier alpha value is -1.77. The lowest BCUT2D eigenvalue weighted by atomic mass is 9.79. The Balaban J connectivity index is 1.58. The number of nitrogens with one attached hydrogen (secondary N) is 1. The molecule has 0 radical (unpaired) electrons. The zero-order valence-corrected chi connectivity index (χ0v) is 15.6. The maximum atomic E-state index is 11.3. The van der Waals surface area contributed by atoms with Gasteiger partial charge >= 0.3 is 6.09 Å². The van der Waals surface area contributed by atoms with Crippen LogP contribution in [0, 0.1) is 5.92 Å². The second-order valence-corrected chi connectivity index (χ2v) is 8.20. The number of fused-ring (bicyclic) bond motifs is 1. The predicted octanol–water partition coefficient (Wildman–Crippen LogP) is 5.14. The highest BCUT2D eigenvalue weighted by Gasteiger charge is 2.34. The number of allylic oxidation sites excluding steroid dienone is 1. The topological polar surface area (TPSA) is 38.3 Å². The monoisotopic (exact) mass is 341 g/mol. The van der Waals surface area contributed by atoms with Crippen molar-refractivity contribution in [3.63, 3.8) is 0 Å². The third kappa shape index (κ3) is 4.45. The lowest BCUT2D eigenvalue weighted by Crippen LogP contribution is -2.40. The number of cyclic esters (lactones) is 1. The van der Waals surface area contributed by atoms with Crippen LogP contribution in [0.15, 0.2) is 30.9 Å². The number of amides is 1. The van der Waals surface area contributed by atoms with E-state index in [0.717, 1.165) is 25.2 Å². The molecule has 0 bridgehead atoms. The van der Waals surface area contributed by atoms with Crippen molar-refractivity contribution in [2.45, 2.75) is 70.3 Å². The molecule has 0 saturated carbocycles. The molecule has 1 N–H and O–H groups in total. The van der Waals surface area contributed by atoms with E-state index in [1.165, 1.54) is 31.2 Å². The van der Waals surface area contributed by atoms with E-state index in [9.17, 15) is 4.79 Å². The number of rotatable bonds is 7. The van der Waals surface area contributed by atoms with Crippen LogP contribution in [-0.2, 0) is 17.6 Å². The largest absolute Gasteiger partial charge is 0.447 e. The van der Waals surface area contributed by atoms with Gasteiger partial charge in [0, 0.05) is 0 Å². The Kier molecular flexibility index (Phi) is 5.51. The number of aryl methyl sites for hydroxylation is 1. The zero-order valence-electron chi connectivity index (χ0n) is 15.6. The van der Waals surface area contributed by atoms with E-state index in [-0.39, 0.29) is 11.6 Å². The first-order valence-corrected chi connectivity index (χ1v) is 9.66. The lowest BCUT2D eigenvalue weighted by molar-refractivity contribution is 0.172. The molecule has 1 aromatic carbocycles. The van der Waals surface area contributed by atoms with Crippen molar-refractivity contribution in [2.75, 3.05) is 6.61 Å². The minimum Gasteiger partial charge on any atom is -0.447 e. The van der Waals surface area contributed by atoms with Crippen LogP contribution in [0.25, 0.3) is 0 Å². The van der Waals surface area contributed by atoms with Crippen molar-refractivity contribution in [3.8, 4) is 0 Å². The van der Waals surface area contributed by atoms with Crippen LogP contribution in [0.1, 0.15) is 68.6 Å². The quantitative estimate of drug-likeness (QED) is 0.697. The van der Waals surface area contributed by atoms with Gasteiger partial charge in [-0.3, -0.25) is 0 Å². The summed E-state index contributed by atoms with van der Waals surface area (Å²) in [6.07, 6.45) is 9.90. The molecular weight excluding hydrogens is 310 g/mol. The molecule has 1 heterocycles. The number of hydrogen-bond acceptors (Lipinski definition) is 2. The Morgan fingerprint density at radius 2 is 2.28 bits per heavy atom. The van der Waals surface area contributed by atoms with Crippen LogP contribution in [0.4, 0.5) is 4.79 Å². The summed E-state index contributed by atoms with van der Waals surface area (Å²) in [6.45, 7) is 8.69. The van der Waals surface area contributed by atoms with Crippen LogP contribution in [0.5, 0.6) is 0 Å². The molecule has 3 nitrogen and oxygen atoms in total. The average molecular weight is 341 g/mol. The van der Waals surface area contributed by atoms with Gasteiger partial charge < -0.3 is 10.1 Å². The Labute approximate surface area is 151 Å². The van der Waals surface area contributed by atoms with E-state index >= 15 is 0 Å². The maximum absolute atomic E-state index is 11.3. The molecule has 3 atom stereocenters. The summed E-state index contributed by atoms with van der Waals surface area (Å²) in [4.78, 5) is 11.3. The van der Waals surface area contributed by atoms with Gasteiger partial charge in [0.2, 0.25) is 0 Å². The maximum Gasteiger partial charge on any atom is 0.407 e. The van der Waals surface area contributed by atoms with Crippen LogP contribution in [0.3, 0.4) is 0 Å². The molecule has 2 aliphatic rings. The molecule has 1 aliphatic heterocycles. The second kappa shape index (κ2) is 7.63. The summed E-state index contributed by atoms with van der Waals surface area (Å²) in [7, 11) is 0. The fourth-order valence-corrected chi connectivity index (χ4v) is 4.14. The average Bonchev–Trinajstić information content (AvgIpc) is 2.96. The van der Waals surface area contributed by atoms with Crippen molar-refractivity contribution < 1.29 is 9.53 Å². The molecule has 1 aromatic rings. The standard InChI is InChI=1S/C22H31NO2/c1-4-5-6-17-7-8-20-14-18(9-10-19(20)13-17)16(2)11-12-22(3)15-25-21(24)23-22/h4,9-10,14,16-17H,1,5-8,11-13,15H2,2-3H3,(H,23,24)/t16-,17-,22+/m1/s1. The smallest absolute Gasteiger partial charge is 0.407 e. The Morgan fingerprint density at radius 3 is 3.00 bits per heavy atom. The molecule has 1 saturated heterocycles. The van der Waals surface area contributed by atoms with E-state index in [4.69, 9.17) is 4.74 Å². The molecule has 0 spiro atoms. The van der Waals surface area contributed by atoms with Gasteiger partial charge in [0.05, 0.1) is 5.54 Å². The highest BCUT2D eigenvalue weighted by Crippen LogP contribution is 2.32. The third-order valence-corrected chi connectivity index (χ3v) is 5.96. The molecule has 25 heavy (non-hydrogen) atoms. The molecule has 3 rings (SSSR count). The minimum absolute atomic E-state index is 0.210. The Bertz CT molecular complexity index is 639. The van der Waals surface area contributed by atoms with E-state index in [0.29, 0.717) is 12.5 Å². The SMILES string of the molecule is C=CCC[C@@H]1CCc2cc([C@H](C)CC[C@@]3(C)COC(=O)N3)ccc2C1. The van der Waals surface area contributed by atoms with E-state index in [2.05, 4.69) is 43.9 Å². The summed E-state index contributed by atoms with van der Waals surface area (Å²) in [6, 6.07) is 7.09. The van der Waals surface area contributed by atoms with Gasteiger partial charge in [0.25, 0.3) is 0 Å². The van der Waals surface area contributed by atoms with Crippen molar-refractivity contribution in [2.24, 2.45) is 5.92 Å². The molecular formula is C22H31NO2. The number of carbonyl (C=O) groups excluding carboxylic acids is 1. The summed E-state index contributed by atoms with van der Waals surface area (Å²) in [5, 5.41) is 2.94. The summed E-state index contributed by atoms with van der Waals surface area (Å²) in [5.41, 5.74) is 4.30. The van der Waals surface area contributed by atoms with Gasteiger partial charge in [0.1, 0.15) is 6.61 Å². The first kappa shape index (κ1) is 18.0. The second-order valence-electron chi connectivity index (χ2n) is 8.20. The zero-order chi connectivity index (χ0) is 17.9. The first-order valence-electron chi connectivity index (χ1n) is 9.66. The molecule has 3 heteroatoms. The number of carbonyl (C=O) groups is 1. The normalized spacial score (nSPS) is 26.5. The summed E-state index contributed by atoms with van der Waals surface area (Å²) in [5.74, 6) is 1.32. The van der Waals surface area contributed by atoms with Crippen LogP contribution < -0.4 is 5.32 Å². The highest BCUT2D eigenvalue weighted by atomic mass is 16.6. The fourth-order valence-electron chi connectivity index (χ4n) is 4.14. The summed E-state index contributed by atoms with van der Waals surface area (Å²) >= 11 is 0. The van der Waals surface area contributed by atoms with Gasteiger partial charge in [-0.25, -0.2) is 4.79 Å². The number of hydrogen-bond donors (Lipinski definition) is 1. The number of benzene rings is 1.